The standard InChI is InChI=1S/C22H32N2O4S/c1-21(2)18-8-9-22(21,20(25)14-18)16-29(26,27)24-12-10-23(11-13-24)15-17-4-6-19(28-3)7-5-17/h4-7,18H,8-16H2,1-3H3. The molecule has 1 aromatic rings. The van der Waals surface area contributed by atoms with Crippen molar-refractivity contribution >= 4 is 15.8 Å². The fourth-order valence-corrected chi connectivity index (χ4v) is 7.87. The molecule has 2 bridgehead atoms. The number of carbonyl (C=O) groups excluding carboxylic acids is 1. The number of piperazine rings is 1. The van der Waals surface area contributed by atoms with Gasteiger partial charge in [-0.25, -0.2) is 8.42 Å². The first-order valence-electron chi connectivity index (χ1n) is 10.5. The Kier molecular flexibility index (Phi) is 5.28. The first kappa shape index (κ1) is 20.8. The van der Waals surface area contributed by atoms with Crippen LogP contribution in [0.25, 0.3) is 0 Å². The summed E-state index contributed by atoms with van der Waals surface area (Å²) in [4.78, 5) is 15.0. The maximum absolute atomic E-state index is 13.2. The van der Waals surface area contributed by atoms with Gasteiger partial charge in [0.1, 0.15) is 11.5 Å². The SMILES string of the molecule is COc1ccc(CN2CCN(S(=O)(=O)CC34CCC(CC3=O)C4(C)C)CC2)cc1. The van der Waals surface area contributed by atoms with Gasteiger partial charge in [0, 0.05) is 44.6 Å². The van der Waals surface area contributed by atoms with Crippen molar-refractivity contribution in [1.82, 2.24) is 9.21 Å². The van der Waals surface area contributed by atoms with E-state index in [0.29, 0.717) is 38.5 Å². The molecule has 160 valence electrons. The number of ether oxygens (including phenoxy) is 1. The molecule has 1 heterocycles. The normalized spacial score (nSPS) is 30.0. The van der Waals surface area contributed by atoms with Gasteiger partial charge in [0.15, 0.2) is 0 Å². The largest absolute Gasteiger partial charge is 0.497 e. The molecule has 2 atom stereocenters. The summed E-state index contributed by atoms with van der Waals surface area (Å²) in [6, 6.07) is 7.99. The van der Waals surface area contributed by atoms with Gasteiger partial charge < -0.3 is 4.74 Å². The van der Waals surface area contributed by atoms with E-state index in [4.69, 9.17) is 4.74 Å². The number of hydrogen-bond acceptors (Lipinski definition) is 5. The second kappa shape index (κ2) is 7.36. The molecule has 29 heavy (non-hydrogen) atoms. The van der Waals surface area contributed by atoms with E-state index in [1.807, 2.05) is 24.3 Å². The van der Waals surface area contributed by atoms with E-state index in [2.05, 4.69) is 18.7 Å². The van der Waals surface area contributed by atoms with Gasteiger partial charge in [-0.2, -0.15) is 4.31 Å². The molecule has 2 saturated carbocycles. The molecule has 0 spiro atoms. The molecule has 0 N–H and O–H groups in total. The van der Waals surface area contributed by atoms with Gasteiger partial charge in [-0.3, -0.25) is 9.69 Å². The van der Waals surface area contributed by atoms with E-state index in [-0.39, 0.29) is 17.0 Å². The molecule has 0 radical (unpaired) electrons. The van der Waals surface area contributed by atoms with Crippen LogP contribution in [0.15, 0.2) is 24.3 Å². The lowest BCUT2D eigenvalue weighted by Crippen LogP contribution is -2.52. The van der Waals surface area contributed by atoms with E-state index < -0.39 is 15.4 Å². The van der Waals surface area contributed by atoms with Crippen molar-refractivity contribution in [3.8, 4) is 5.75 Å². The highest BCUT2D eigenvalue weighted by Gasteiger charge is 2.65. The highest BCUT2D eigenvalue weighted by atomic mass is 32.2. The number of rotatable bonds is 6. The van der Waals surface area contributed by atoms with E-state index in [0.717, 1.165) is 25.1 Å². The smallest absolute Gasteiger partial charge is 0.215 e. The number of sulfonamides is 1. The topological polar surface area (TPSA) is 66.9 Å². The molecule has 1 aliphatic heterocycles. The van der Waals surface area contributed by atoms with E-state index in [1.165, 1.54) is 5.56 Å². The summed E-state index contributed by atoms with van der Waals surface area (Å²) in [6.45, 7) is 7.39. The molecule has 2 aliphatic carbocycles. The molecule has 0 amide bonds. The third-order valence-electron chi connectivity index (χ3n) is 7.86. The maximum atomic E-state index is 13.2. The van der Waals surface area contributed by atoms with Gasteiger partial charge in [-0.1, -0.05) is 26.0 Å². The van der Waals surface area contributed by atoms with Gasteiger partial charge >= 0.3 is 0 Å². The minimum Gasteiger partial charge on any atom is -0.497 e. The Hall–Kier alpha value is -1.44. The first-order chi connectivity index (χ1) is 13.7. The predicted octanol–water partition coefficient (Wildman–Crippen LogP) is 2.54. The first-order valence-corrected chi connectivity index (χ1v) is 12.2. The average Bonchev–Trinajstić information content (AvgIpc) is 3.03. The molecule has 1 saturated heterocycles. The van der Waals surface area contributed by atoms with Gasteiger partial charge in [0.2, 0.25) is 10.0 Å². The second-order valence-corrected chi connectivity index (χ2v) is 11.4. The van der Waals surface area contributed by atoms with Crippen LogP contribution in [-0.4, -0.2) is 62.4 Å². The average molecular weight is 421 g/mol. The fourth-order valence-electron chi connectivity index (χ4n) is 5.67. The van der Waals surface area contributed by atoms with Crippen LogP contribution in [-0.2, 0) is 21.4 Å². The van der Waals surface area contributed by atoms with Crippen molar-refractivity contribution in [3.05, 3.63) is 29.8 Å². The Balaban J connectivity index is 1.38. The monoisotopic (exact) mass is 420 g/mol. The molecule has 0 aromatic heterocycles. The second-order valence-electron chi connectivity index (χ2n) is 9.45. The van der Waals surface area contributed by atoms with Gasteiger partial charge in [-0.05, 0) is 41.9 Å². The summed E-state index contributed by atoms with van der Waals surface area (Å²) in [5, 5.41) is 0. The third-order valence-corrected chi connectivity index (χ3v) is 9.87. The van der Waals surface area contributed by atoms with E-state index in [9.17, 15) is 13.2 Å². The number of ketones is 1. The lowest BCUT2D eigenvalue weighted by Gasteiger charge is -2.39. The van der Waals surface area contributed by atoms with Crippen molar-refractivity contribution in [3.63, 3.8) is 0 Å². The van der Waals surface area contributed by atoms with Crippen LogP contribution in [0.4, 0.5) is 0 Å². The molecule has 1 aromatic carbocycles. The molecule has 3 fully saturated rings. The third kappa shape index (κ3) is 3.51. The Morgan fingerprint density at radius 1 is 1.10 bits per heavy atom. The number of hydrogen-bond donors (Lipinski definition) is 0. The van der Waals surface area contributed by atoms with Crippen molar-refractivity contribution < 1.29 is 17.9 Å². The summed E-state index contributed by atoms with van der Waals surface area (Å²) in [5.41, 5.74) is 0.292. The minimum atomic E-state index is -3.45. The van der Waals surface area contributed by atoms with Gasteiger partial charge in [-0.15, -0.1) is 0 Å². The van der Waals surface area contributed by atoms with E-state index in [1.54, 1.807) is 11.4 Å². The zero-order valence-corrected chi connectivity index (χ0v) is 18.5. The molecule has 2 unspecified atom stereocenters. The van der Waals surface area contributed by atoms with Crippen LogP contribution in [0.3, 0.4) is 0 Å². The summed E-state index contributed by atoms with van der Waals surface area (Å²) in [5.74, 6) is 1.33. The lowest BCUT2D eigenvalue weighted by atomic mass is 9.70. The molecular formula is C22H32N2O4S. The summed E-state index contributed by atoms with van der Waals surface area (Å²) >= 11 is 0. The van der Waals surface area contributed by atoms with Crippen LogP contribution in [0.1, 0.15) is 38.7 Å². The number of carbonyl (C=O) groups is 1. The molecular weight excluding hydrogens is 388 g/mol. The van der Waals surface area contributed by atoms with Crippen LogP contribution in [0, 0.1) is 16.7 Å². The number of Topliss-reactive ketones (excluding diaryl/α,β-unsaturated/α-hetero) is 1. The lowest BCUT2D eigenvalue weighted by molar-refractivity contribution is -0.128. The quantitative estimate of drug-likeness (QED) is 0.708. The Morgan fingerprint density at radius 3 is 2.28 bits per heavy atom. The van der Waals surface area contributed by atoms with Crippen LogP contribution >= 0.6 is 0 Å². The fraction of sp³-hybridized carbons (Fsp3) is 0.682. The zero-order valence-electron chi connectivity index (χ0n) is 17.7. The van der Waals surface area contributed by atoms with Crippen molar-refractivity contribution in [2.75, 3.05) is 39.0 Å². The molecule has 3 aliphatic rings. The molecule has 6 nitrogen and oxygen atoms in total. The summed E-state index contributed by atoms with van der Waals surface area (Å²) < 4.78 is 33.3. The highest BCUT2D eigenvalue weighted by molar-refractivity contribution is 7.89. The minimum absolute atomic E-state index is 0.0131. The highest BCUT2D eigenvalue weighted by Crippen LogP contribution is 2.64. The van der Waals surface area contributed by atoms with Crippen molar-refractivity contribution in [2.24, 2.45) is 16.7 Å². The van der Waals surface area contributed by atoms with Crippen LogP contribution < -0.4 is 4.74 Å². The maximum Gasteiger partial charge on any atom is 0.215 e. The molecule has 4 rings (SSSR count). The summed E-state index contributed by atoms with van der Waals surface area (Å²) in [6.07, 6.45) is 2.25. The Morgan fingerprint density at radius 2 is 1.76 bits per heavy atom. The molecule has 7 heteroatoms. The number of fused-ring (bicyclic) bond motifs is 2. The van der Waals surface area contributed by atoms with Crippen molar-refractivity contribution in [1.29, 1.82) is 0 Å². The Bertz CT molecular complexity index is 873. The van der Waals surface area contributed by atoms with Crippen LogP contribution in [0.5, 0.6) is 5.75 Å². The number of nitrogens with zero attached hydrogens (tertiary/aromatic N) is 2. The number of benzene rings is 1. The zero-order chi connectivity index (χ0) is 20.9. The number of methoxy groups -OCH3 is 1. The summed E-state index contributed by atoms with van der Waals surface area (Å²) in [7, 11) is -1.80. The van der Waals surface area contributed by atoms with E-state index >= 15 is 0 Å². The van der Waals surface area contributed by atoms with Gasteiger partial charge in [0.05, 0.1) is 12.9 Å². The van der Waals surface area contributed by atoms with Crippen molar-refractivity contribution in [2.45, 2.75) is 39.7 Å². The Labute approximate surface area is 174 Å². The van der Waals surface area contributed by atoms with Crippen LogP contribution in [0.2, 0.25) is 0 Å². The van der Waals surface area contributed by atoms with Gasteiger partial charge in [0.25, 0.3) is 0 Å². The predicted molar refractivity (Wildman–Crippen MR) is 112 cm³/mol.